The number of phenols is 1. The summed E-state index contributed by atoms with van der Waals surface area (Å²) in [6.45, 7) is 3.65. The van der Waals surface area contributed by atoms with Gasteiger partial charge >= 0.3 is 5.97 Å². The average Bonchev–Trinajstić information content (AvgIpc) is 3.35. The number of carbonyl (C=O) groups is 4. The Kier molecular flexibility index (Phi) is 11.4. The lowest BCUT2D eigenvalue weighted by molar-refractivity contribution is -0.142. The molecule has 0 fully saturated rings. The Morgan fingerprint density at radius 1 is 0.973 bits per heavy atom. The van der Waals surface area contributed by atoms with E-state index in [0.717, 1.165) is 0 Å². The van der Waals surface area contributed by atoms with Gasteiger partial charge in [0.2, 0.25) is 17.7 Å². The van der Waals surface area contributed by atoms with Gasteiger partial charge in [-0.15, -0.1) is 0 Å². The fraction of sp³-hybridized carbons (Fsp3) is 0.458. The molecule has 3 amide bonds. The van der Waals surface area contributed by atoms with Crippen molar-refractivity contribution in [2.24, 2.45) is 11.7 Å². The quantitative estimate of drug-likeness (QED) is 0.152. The van der Waals surface area contributed by atoms with Gasteiger partial charge in [-0.2, -0.15) is 12.6 Å². The van der Waals surface area contributed by atoms with Crippen LogP contribution in [0.3, 0.4) is 0 Å². The molecular formula is C24H34N6O6S. The number of H-pyrrole nitrogens is 1. The van der Waals surface area contributed by atoms with E-state index in [-0.39, 0.29) is 36.7 Å². The van der Waals surface area contributed by atoms with Gasteiger partial charge in [-0.3, -0.25) is 14.4 Å². The van der Waals surface area contributed by atoms with Crippen molar-refractivity contribution in [3.8, 4) is 5.75 Å². The molecule has 37 heavy (non-hydrogen) atoms. The van der Waals surface area contributed by atoms with Crippen LogP contribution in [0.25, 0.3) is 0 Å². The van der Waals surface area contributed by atoms with Gasteiger partial charge in [-0.1, -0.05) is 26.0 Å². The molecule has 1 aromatic carbocycles. The summed E-state index contributed by atoms with van der Waals surface area (Å²) in [5.74, 6) is -3.22. The third-order valence-corrected chi connectivity index (χ3v) is 5.84. The van der Waals surface area contributed by atoms with Crippen molar-refractivity contribution in [1.82, 2.24) is 25.9 Å². The summed E-state index contributed by atoms with van der Waals surface area (Å²) in [5.41, 5.74) is 7.29. The summed E-state index contributed by atoms with van der Waals surface area (Å²) in [6, 6.07) is 1.71. The van der Waals surface area contributed by atoms with E-state index in [1.165, 1.54) is 24.7 Å². The number of phenolic OH excluding ortho intramolecular Hbond substituents is 1. The van der Waals surface area contributed by atoms with E-state index in [4.69, 9.17) is 5.73 Å². The van der Waals surface area contributed by atoms with Crippen molar-refractivity contribution in [1.29, 1.82) is 0 Å². The van der Waals surface area contributed by atoms with Gasteiger partial charge in [-0.05, 0) is 30.0 Å². The van der Waals surface area contributed by atoms with Gasteiger partial charge in [0.1, 0.15) is 23.9 Å². The van der Waals surface area contributed by atoms with E-state index < -0.39 is 47.9 Å². The number of nitrogens with two attached hydrogens (primary N) is 1. The van der Waals surface area contributed by atoms with Gasteiger partial charge in [0.25, 0.3) is 0 Å². The lowest BCUT2D eigenvalue weighted by Gasteiger charge is -2.25. The first kappa shape index (κ1) is 29.6. The molecule has 0 spiro atoms. The second-order valence-electron chi connectivity index (χ2n) is 9.09. The molecular weight excluding hydrogens is 500 g/mol. The highest BCUT2D eigenvalue weighted by molar-refractivity contribution is 7.80. The molecule has 0 aliphatic carbocycles. The summed E-state index contributed by atoms with van der Waals surface area (Å²) in [4.78, 5) is 57.0. The minimum Gasteiger partial charge on any atom is -0.508 e. The van der Waals surface area contributed by atoms with Crippen molar-refractivity contribution in [3.63, 3.8) is 0 Å². The lowest BCUT2D eigenvalue weighted by Crippen LogP contribution is -2.58. The minimum absolute atomic E-state index is 0.0151. The van der Waals surface area contributed by atoms with Crippen molar-refractivity contribution in [2.45, 2.75) is 57.3 Å². The number of aromatic nitrogens is 2. The normalized spacial score (nSPS) is 14.3. The fourth-order valence-corrected chi connectivity index (χ4v) is 3.77. The largest absolute Gasteiger partial charge is 0.508 e. The number of carbonyl (C=O) groups excluding carboxylic acids is 3. The van der Waals surface area contributed by atoms with Crippen LogP contribution in [-0.2, 0) is 32.0 Å². The van der Waals surface area contributed by atoms with Crippen LogP contribution in [0.15, 0.2) is 36.8 Å². The number of aliphatic carboxylic acids is 1. The molecule has 4 unspecified atom stereocenters. The van der Waals surface area contributed by atoms with E-state index in [0.29, 0.717) is 11.3 Å². The number of hydrogen-bond donors (Lipinski definition) is 8. The van der Waals surface area contributed by atoms with Gasteiger partial charge in [-0.25, -0.2) is 9.78 Å². The maximum absolute atomic E-state index is 13.2. The van der Waals surface area contributed by atoms with Crippen LogP contribution in [0, 0.1) is 5.92 Å². The number of thiol groups is 1. The first-order chi connectivity index (χ1) is 17.5. The lowest BCUT2D eigenvalue weighted by atomic mass is 10.0. The highest BCUT2D eigenvalue weighted by Gasteiger charge is 2.30. The van der Waals surface area contributed by atoms with Crippen LogP contribution in [0.5, 0.6) is 5.75 Å². The van der Waals surface area contributed by atoms with Crippen molar-refractivity contribution in [3.05, 3.63) is 48.0 Å². The van der Waals surface area contributed by atoms with Crippen molar-refractivity contribution < 1.29 is 29.4 Å². The Hall–Kier alpha value is -3.58. The van der Waals surface area contributed by atoms with Crippen LogP contribution in [0.1, 0.15) is 31.5 Å². The first-order valence-electron chi connectivity index (χ1n) is 11.8. The first-order valence-corrected chi connectivity index (χ1v) is 12.4. The maximum Gasteiger partial charge on any atom is 0.326 e. The van der Waals surface area contributed by atoms with E-state index in [2.05, 4.69) is 38.5 Å². The Labute approximate surface area is 220 Å². The number of carboxylic acids is 1. The Bertz CT molecular complexity index is 1050. The van der Waals surface area contributed by atoms with Gasteiger partial charge < -0.3 is 36.9 Å². The molecule has 2 rings (SSSR count). The SMILES string of the molecule is CC(C)CC(NC(=O)C(CS)NC(=O)C(Cc1ccc(O)cc1)NC(=O)C(N)Cc1cnc[nH]1)C(=O)O. The van der Waals surface area contributed by atoms with Gasteiger partial charge in [0.15, 0.2) is 0 Å². The molecule has 2 aromatic rings. The minimum atomic E-state index is -1.19. The van der Waals surface area contributed by atoms with Crippen LogP contribution >= 0.6 is 12.6 Å². The molecule has 12 nitrogen and oxygen atoms in total. The zero-order chi connectivity index (χ0) is 27.5. The molecule has 4 atom stereocenters. The predicted octanol–water partition coefficient (Wildman–Crippen LogP) is -0.257. The number of imidazole rings is 1. The maximum atomic E-state index is 13.2. The topological polar surface area (TPSA) is 200 Å². The van der Waals surface area contributed by atoms with Crippen molar-refractivity contribution >= 4 is 36.3 Å². The third kappa shape index (κ3) is 9.77. The van der Waals surface area contributed by atoms with Crippen LogP contribution in [0.4, 0.5) is 0 Å². The zero-order valence-electron chi connectivity index (χ0n) is 20.7. The smallest absolute Gasteiger partial charge is 0.326 e. The number of amides is 3. The Morgan fingerprint density at radius 2 is 1.57 bits per heavy atom. The fourth-order valence-electron chi connectivity index (χ4n) is 3.51. The van der Waals surface area contributed by atoms with Gasteiger partial charge in [0.05, 0.1) is 12.4 Å². The molecule has 0 saturated carbocycles. The number of carboxylic acid groups (broad SMARTS) is 1. The predicted molar refractivity (Wildman–Crippen MR) is 139 cm³/mol. The second kappa shape index (κ2) is 14.2. The monoisotopic (exact) mass is 534 g/mol. The molecule has 0 saturated heterocycles. The van der Waals surface area contributed by atoms with E-state index in [1.54, 1.807) is 12.1 Å². The number of nitrogens with one attached hydrogen (secondary N) is 4. The molecule has 0 aliphatic heterocycles. The highest BCUT2D eigenvalue weighted by atomic mass is 32.1. The standard InChI is InChI=1S/C24H34N6O6S/c1-13(2)7-19(24(35)36)29-23(34)20(11-37)30-22(33)18(8-14-3-5-16(31)6-4-14)28-21(32)17(25)9-15-10-26-12-27-15/h3-6,10,12-13,17-20,31,37H,7-9,11,25H2,1-2H3,(H,26,27)(H,28,32)(H,29,34)(H,30,33)(H,35,36). The second-order valence-corrected chi connectivity index (χ2v) is 9.46. The van der Waals surface area contributed by atoms with E-state index >= 15 is 0 Å². The van der Waals surface area contributed by atoms with E-state index in [1.807, 2.05) is 13.8 Å². The van der Waals surface area contributed by atoms with Gasteiger partial charge in [0, 0.05) is 30.5 Å². The molecule has 8 N–H and O–H groups in total. The number of aromatic amines is 1. The average molecular weight is 535 g/mol. The summed E-state index contributed by atoms with van der Waals surface area (Å²) in [7, 11) is 0. The summed E-state index contributed by atoms with van der Waals surface area (Å²) in [6.07, 6.45) is 3.41. The van der Waals surface area contributed by atoms with E-state index in [9.17, 15) is 29.4 Å². The molecule has 0 bridgehead atoms. The molecule has 1 heterocycles. The van der Waals surface area contributed by atoms with Crippen LogP contribution in [0.2, 0.25) is 0 Å². The molecule has 0 radical (unpaired) electrons. The van der Waals surface area contributed by atoms with Crippen LogP contribution in [-0.4, -0.2) is 73.8 Å². The summed E-state index contributed by atoms with van der Waals surface area (Å²) in [5, 5.41) is 26.6. The number of hydrogen-bond acceptors (Lipinski definition) is 8. The molecule has 0 aliphatic rings. The molecule has 1 aromatic heterocycles. The number of aromatic hydroxyl groups is 1. The highest BCUT2D eigenvalue weighted by Crippen LogP contribution is 2.12. The van der Waals surface area contributed by atoms with Crippen LogP contribution < -0.4 is 21.7 Å². The number of benzene rings is 1. The Balaban J connectivity index is 2.15. The number of rotatable bonds is 14. The summed E-state index contributed by atoms with van der Waals surface area (Å²) >= 11 is 4.14. The molecule has 202 valence electrons. The third-order valence-electron chi connectivity index (χ3n) is 5.48. The number of nitrogens with zero attached hydrogens (tertiary/aromatic N) is 1. The van der Waals surface area contributed by atoms with Crippen molar-refractivity contribution in [2.75, 3.05) is 5.75 Å². The molecule has 13 heteroatoms. The Morgan fingerprint density at radius 3 is 2.11 bits per heavy atom. The summed E-state index contributed by atoms with van der Waals surface area (Å²) < 4.78 is 0. The zero-order valence-corrected chi connectivity index (χ0v) is 21.6.